The van der Waals surface area contributed by atoms with Gasteiger partial charge in [0.05, 0.1) is 0 Å². The Morgan fingerprint density at radius 3 is 2.26 bits per heavy atom. The third-order valence-electron chi connectivity index (χ3n) is 5.02. The minimum Gasteiger partial charge on any atom is -0.489 e. The topological polar surface area (TPSA) is 29.5 Å². The summed E-state index contributed by atoms with van der Waals surface area (Å²) in [6.45, 7) is 3.84. The molecule has 1 saturated heterocycles. The highest BCUT2D eigenvalue weighted by atomic mass is 35.5. The predicted octanol–water partition coefficient (Wildman–Crippen LogP) is 5.07. The van der Waals surface area contributed by atoms with Crippen molar-refractivity contribution in [1.82, 2.24) is 4.90 Å². The molecule has 0 atom stereocenters. The number of hydrogen-bond acceptors (Lipinski definition) is 3. The summed E-state index contributed by atoms with van der Waals surface area (Å²) in [4.78, 5) is 14.6. The Morgan fingerprint density at radius 1 is 0.852 bits per heavy atom. The summed E-state index contributed by atoms with van der Waals surface area (Å²) >= 11 is 0. The van der Waals surface area contributed by atoms with E-state index in [0.29, 0.717) is 25.2 Å². The van der Waals surface area contributed by atoms with Gasteiger partial charge in [-0.05, 0) is 55.6 Å². The molecule has 1 aliphatic rings. The highest BCUT2D eigenvalue weighted by Gasteiger charge is 2.11. The van der Waals surface area contributed by atoms with E-state index in [-0.39, 0.29) is 12.4 Å². The second-order valence-corrected chi connectivity index (χ2v) is 7.11. The predicted molar refractivity (Wildman–Crippen MR) is 113 cm³/mol. The minimum atomic E-state index is 0. The molecule has 3 nitrogen and oxygen atoms in total. The van der Waals surface area contributed by atoms with E-state index in [1.807, 2.05) is 30.3 Å². The summed E-state index contributed by atoms with van der Waals surface area (Å²) in [5.74, 6) is 1.24. The summed E-state index contributed by atoms with van der Waals surface area (Å²) in [5.41, 5.74) is 2.36. The molecule has 2 aromatic carbocycles. The number of ketones is 1. The first-order valence-corrected chi connectivity index (χ1v) is 9.79. The molecule has 0 spiro atoms. The van der Waals surface area contributed by atoms with Crippen LogP contribution in [0.4, 0.5) is 0 Å². The summed E-state index contributed by atoms with van der Waals surface area (Å²) in [7, 11) is 0. The molecule has 0 N–H and O–H groups in total. The lowest BCUT2D eigenvalue weighted by molar-refractivity contribution is -0.119. The van der Waals surface area contributed by atoms with Crippen LogP contribution in [0.5, 0.6) is 5.75 Å². The fraction of sp³-hybridized carbons (Fsp3) is 0.435. The second kappa shape index (κ2) is 11.8. The molecule has 0 aromatic heterocycles. The molecule has 4 heteroatoms. The van der Waals surface area contributed by atoms with Crippen molar-refractivity contribution in [2.45, 2.75) is 45.1 Å². The molecule has 0 aliphatic carbocycles. The molecule has 27 heavy (non-hydrogen) atoms. The van der Waals surface area contributed by atoms with Gasteiger partial charge in [-0.25, -0.2) is 0 Å². The first kappa shape index (κ1) is 21.5. The standard InChI is InChI=1S/C23H29NO2.ClH/c25-22(15-18-24-16-5-2-6-17-24)12-9-20-10-13-23(14-11-20)26-19-21-7-3-1-4-8-21;/h1,3-4,7-8,10-11,13-14H,2,5-6,9,12,15-19H2;1H. The van der Waals surface area contributed by atoms with Gasteiger partial charge in [-0.1, -0.05) is 48.9 Å². The van der Waals surface area contributed by atoms with Crippen molar-refractivity contribution in [2.24, 2.45) is 0 Å². The van der Waals surface area contributed by atoms with Gasteiger partial charge in [0.2, 0.25) is 0 Å². The van der Waals surface area contributed by atoms with Crippen molar-refractivity contribution in [3.05, 3.63) is 65.7 Å². The first-order chi connectivity index (χ1) is 12.8. The number of ether oxygens (including phenoxy) is 1. The van der Waals surface area contributed by atoms with Crippen LogP contribution < -0.4 is 4.74 Å². The molecule has 0 amide bonds. The lowest BCUT2D eigenvalue weighted by Crippen LogP contribution is -2.31. The van der Waals surface area contributed by atoms with Crippen molar-refractivity contribution in [3.63, 3.8) is 0 Å². The number of Topliss-reactive ketones (excluding diaryl/α,β-unsaturated/α-hetero) is 1. The zero-order valence-electron chi connectivity index (χ0n) is 15.9. The molecule has 0 radical (unpaired) electrons. The van der Waals surface area contributed by atoms with Crippen LogP contribution in [0.3, 0.4) is 0 Å². The number of likely N-dealkylation sites (tertiary alicyclic amines) is 1. The van der Waals surface area contributed by atoms with Gasteiger partial charge >= 0.3 is 0 Å². The Bertz CT molecular complexity index is 667. The van der Waals surface area contributed by atoms with Gasteiger partial charge in [-0.15, -0.1) is 12.4 Å². The maximum atomic E-state index is 12.1. The first-order valence-electron chi connectivity index (χ1n) is 9.79. The summed E-state index contributed by atoms with van der Waals surface area (Å²) < 4.78 is 5.81. The highest BCUT2D eigenvalue weighted by Crippen LogP contribution is 2.16. The molecule has 0 bridgehead atoms. The second-order valence-electron chi connectivity index (χ2n) is 7.11. The van der Waals surface area contributed by atoms with Crippen LogP contribution in [0.1, 0.15) is 43.2 Å². The molecule has 3 rings (SSSR count). The van der Waals surface area contributed by atoms with Crippen LogP contribution in [0.2, 0.25) is 0 Å². The minimum absolute atomic E-state index is 0. The Kier molecular flexibility index (Phi) is 9.37. The van der Waals surface area contributed by atoms with E-state index in [4.69, 9.17) is 4.74 Å². The average molecular weight is 388 g/mol. The van der Waals surface area contributed by atoms with Crippen LogP contribution in [-0.4, -0.2) is 30.3 Å². The molecule has 146 valence electrons. The number of piperidine rings is 1. The van der Waals surface area contributed by atoms with Crippen molar-refractivity contribution in [1.29, 1.82) is 0 Å². The largest absolute Gasteiger partial charge is 0.489 e. The van der Waals surface area contributed by atoms with Crippen LogP contribution in [0.15, 0.2) is 54.6 Å². The van der Waals surface area contributed by atoms with E-state index in [9.17, 15) is 4.79 Å². The van der Waals surface area contributed by atoms with Gasteiger partial charge in [0.1, 0.15) is 18.1 Å². The van der Waals surface area contributed by atoms with E-state index in [0.717, 1.165) is 37.4 Å². The smallest absolute Gasteiger partial charge is 0.134 e. The van der Waals surface area contributed by atoms with Gasteiger partial charge in [0.15, 0.2) is 0 Å². The van der Waals surface area contributed by atoms with Gasteiger partial charge in [-0.2, -0.15) is 0 Å². The van der Waals surface area contributed by atoms with Crippen LogP contribution in [0, 0.1) is 0 Å². The normalized spacial score (nSPS) is 14.4. The molecular formula is C23H30ClNO2. The Morgan fingerprint density at radius 2 is 1.56 bits per heavy atom. The van der Waals surface area contributed by atoms with Crippen molar-refractivity contribution >= 4 is 18.2 Å². The summed E-state index contributed by atoms with van der Waals surface area (Å²) in [6.07, 6.45) is 6.06. The number of rotatable bonds is 9. The molecule has 1 fully saturated rings. The number of nitrogens with zero attached hydrogens (tertiary/aromatic N) is 1. The highest BCUT2D eigenvalue weighted by molar-refractivity contribution is 5.85. The summed E-state index contributed by atoms with van der Waals surface area (Å²) in [6, 6.07) is 18.3. The molecular weight excluding hydrogens is 358 g/mol. The average Bonchev–Trinajstić information content (AvgIpc) is 2.71. The van der Waals surface area contributed by atoms with E-state index < -0.39 is 0 Å². The zero-order valence-corrected chi connectivity index (χ0v) is 16.8. The van der Waals surface area contributed by atoms with Gasteiger partial charge in [0, 0.05) is 19.4 Å². The third-order valence-corrected chi connectivity index (χ3v) is 5.02. The number of hydrogen-bond donors (Lipinski definition) is 0. The van der Waals surface area contributed by atoms with Crippen molar-refractivity contribution in [3.8, 4) is 5.75 Å². The van der Waals surface area contributed by atoms with E-state index in [1.54, 1.807) is 0 Å². The number of benzene rings is 2. The van der Waals surface area contributed by atoms with Crippen LogP contribution >= 0.6 is 12.4 Å². The van der Waals surface area contributed by atoms with E-state index in [2.05, 4.69) is 29.2 Å². The molecule has 0 saturated carbocycles. The molecule has 0 unspecified atom stereocenters. The Labute approximate surface area is 169 Å². The van der Waals surface area contributed by atoms with Gasteiger partial charge in [-0.3, -0.25) is 4.79 Å². The number of halogens is 1. The summed E-state index contributed by atoms with van der Waals surface area (Å²) in [5, 5.41) is 0. The van der Waals surface area contributed by atoms with Crippen LogP contribution in [0.25, 0.3) is 0 Å². The van der Waals surface area contributed by atoms with Crippen LogP contribution in [-0.2, 0) is 17.8 Å². The Hall–Kier alpha value is -1.84. The molecule has 1 heterocycles. The lowest BCUT2D eigenvalue weighted by atomic mass is 10.1. The van der Waals surface area contributed by atoms with E-state index >= 15 is 0 Å². The maximum Gasteiger partial charge on any atom is 0.134 e. The monoisotopic (exact) mass is 387 g/mol. The number of carbonyl (C=O) groups is 1. The van der Waals surface area contributed by atoms with E-state index in [1.165, 1.54) is 24.8 Å². The number of aryl methyl sites for hydroxylation is 1. The van der Waals surface area contributed by atoms with Gasteiger partial charge in [0.25, 0.3) is 0 Å². The quantitative estimate of drug-likeness (QED) is 0.601. The SMILES string of the molecule is Cl.O=C(CCc1ccc(OCc2ccccc2)cc1)CCN1CCCCC1. The maximum absolute atomic E-state index is 12.1. The fourth-order valence-electron chi connectivity index (χ4n) is 3.37. The lowest BCUT2D eigenvalue weighted by Gasteiger charge is -2.25. The zero-order chi connectivity index (χ0) is 18.0. The third kappa shape index (κ3) is 7.74. The van der Waals surface area contributed by atoms with Gasteiger partial charge < -0.3 is 9.64 Å². The van der Waals surface area contributed by atoms with Crippen molar-refractivity contribution in [2.75, 3.05) is 19.6 Å². The Balaban J connectivity index is 0.00000261. The number of carbonyl (C=O) groups excluding carboxylic acids is 1. The van der Waals surface area contributed by atoms with Crippen molar-refractivity contribution < 1.29 is 9.53 Å². The fourth-order valence-corrected chi connectivity index (χ4v) is 3.37. The molecule has 1 aliphatic heterocycles. The molecule has 2 aromatic rings.